The molecule has 2 N–H and O–H groups in total. The Hall–Kier alpha value is -1.62. The van der Waals surface area contributed by atoms with Crippen LogP contribution < -0.4 is 5.73 Å². The van der Waals surface area contributed by atoms with E-state index >= 15 is 0 Å². The van der Waals surface area contributed by atoms with E-state index in [2.05, 4.69) is 4.90 Å². The van der Waals surface area contributed by atoms with Gasteiger partial charge in [-0.3, -0.25) is 4.79 Å². The number of benzene rings is 1. The second kappa shape index (κ2) is 4.33. The van der Waals surface area contributed by atoms with E-state index in [0.29, 0.717) is 24.7 Å². The standard InChI is InChI=1S/C12H16FN3O/c1-15(2)9-6-16(7-9)12(17)8-3-4-11(14)10(13)5-8/h3-5,9H,6-7,14H2,1-2H3. The number of amides is 1. The quantitative estimate of drug-likeness (QED) is 0.774. The fraction of sp³-hybridized carbons (Fsp3) is 0.417. The number of carbonyl (C=O) groups is 1. The lowest BCUT2D eigenvalue weighted by Crippen LogP contribution is -2.59. The Bertz CT molecular complexity index is 441. The highest BCUT2D eigenvalue weighted by Gasteiger charge is 2.32. The van der Waals surface area contributed by atoms with Gasteiger partial charge in [-0.2, -0.15) is 0 Å². The van der Waals surface area contributed by atoms with E-state index in [-0.39, 0.29) is 11.6 Å². The van der Waals surface area contributed by atoms with Crippen molar-refractivity contribution in [3.8, 4) is 0 Å². The zero-order valence-corrected chi connectivity index (χ0v) is 9.98. The Morgan fingerprint density at radius 2 is 2.12 bits per heavy atom. The van der Waals surface area contributed by atoms with Crippen molar-refractivity contribution in [2.45, 2.75) is 6.04 Å². The van der Waals surface area contributed by atoms with E-state index in [1.807, 2.05) is 14.1 Å². The molecule has 0 atom stereocenters. The fourth-order valence-electron chi connectivity index (χ4n) is 1.79. The van der Waals surface area contributed by atoms with Crippen molar-refractivity contribution in [1.29, 1.82) is 0 Å². The fourth-order valence-corrected chi connectivity index (χ4v) is 1.79. The minimum Gasteiger partial charge on any atom is -0.396 e. The lowest BCUT2D eigenvalue weighted by Gasteiger charge is -2.42. The highest BCUT2D eigenvalue weighted by Crippen LogP contribution is 2.18. The molecule has 4 nitrogen and oxygen atoms in total. The summed E-state index contributed by atoms with van der Waals surface area (Å²) in [7, 11) is 3.96. The average molecular weight is 237 g/mol. The molecule has 92 valence electrons. The SMILES string of the molecule is CN(C)C1CN(C(=O)c2ccc(N)c(F)c2)C1. The molecule has 1 heterocycles. The summed E-state index contributed by atoms with van der Waals surface area (Å²) in [6.07, 6.45) is 0. The number of nitrogen functional groups attached to an aromatic ring is 1. The number of anilines is 1. The Morgan fingerprint density at radius 3 is 2.65 bits per heavy atom. The molecule has 1 aliphatic rings. The van der Waals surface area contributed by atoms with E-state index in [1.165, 1.54) is 12.1 Å². The first-order chi connectivity index (χ1) is 7.99. The third-order valence-electron chi connectivity index (χ3n) is 3.13. The van der Waals surface area contributed by atoms with Crippen LogP contribution >= 0.6 is 0 Å². The Kier molecular flexibility index (Phi) is 3.02. The molecule has 0 aliphatic carbocycles. The van der Waals surface area contributed by atoms with Crippen LogP contribution in [0.3, 0.4) is 0 Å². The van der Waals surface area contributed by atoms with Crippen molar-refractivity contribution in [3.05, 3.63) is 29.6 Å². The third kappa shape index (κ3) is 2.24. The summed E-state index contributed by atoms with van der Waals surface area (Å²) in [6, 6.07) is 4.58. The Labute approximate surface area is 99.8 Å². The average Bonchev–Trinajstić information content (AvgIpc) is 2.19. The highest BCUT2D eigenvalue weighted by atomic mass is 19.1. The summed E-state index contributed by atoms with van der Waals surface area (Å²) in [5, 5.41) is 0. The van der Waals surface area contributed by atoms with E-state index in [4.69, 9.17) is 5.73 Å². The number of carbonyl (C=O) groups excluding carboxylic acids is 1. The van der Waals surface area contributed by atoms with Crippen molar-refractivity contribution >= 4 is 11.6 Å². The summed E-state index contributed by atoms with van der Waals surface area (Å²) in [5.41, 5.74) is 5.79. The molecule has 1 saturated heterocycles. The topological polar surface area (TPSA) is 49.6 Å². The highest BCUT2D eigenvalue weighted by molar-refractivity contribution is 5.95. The van der Waals surface area contributed by atoms with Crippen molar-refractivity contribution in [1.82, 2.24) is 9.80 Å². The van der Waals surface area contributed by atoms with Gasteiger partial charge in [0.2, 0.25) is 0 Å². The van der Waals surface area contributed by atoms with Gasteiger partial charge in [-0.1, -0.05) is 0 Å². The monoisotopic (exact) mass is 237 g/mol. The van der Waals surface area contributed by atoms with Gasteiger partial charge in [0.05, 0.1) is 5.69 Å². The van der Waals surface area contributed by atoms with E-state index in [9.17, 15) is 9.18 Å². The summed E-state index contributed by atoms with van der Waals surface area (Å²) in [6.45, 7) is 1.38. The molecule has 1 fully saturated rings. The number of nitrogens with two attached hydrogens (primary N) is 1. The first-order valence-corrected chi connectivity index (χ1v) is 5.50. The number of halogens is 1. The van der Waals surface area contributed by atoms with E-state index in [0.717, 1.165) is 0 Å². The molecular formula is C12H16FN3O. The maximum absolute atomic E-state index is 13.2. The van der Waals surface area contributed by atoms with Gasteiger partial charge >= 0.3 is 0 Å². The van der Waals surface area contributed by atoms with E-state index in [1.54, 1.807) is 11.0 Å². The third-order valence-corrected chi connectivity index (χ3v) is 3.13. The maximum Gasteiger partial charge on any atom is 0.254 e. The van der Waals surface area contributed by atoms with Gasteiger partial charge in [-0.15, -0.1) is 0 Å². The van der Waals surface area contributed by atoms with Crippen molar-refractivity contribution in [3.63, 3.8) is 0 Å². The molecule has 1 aromatic carbocycles. The molecule has 17 heavy (non-hydrogen) atoms. The smallest absolute Gasteiger partial charge is 0.254 e. The van der Waals surface area contributed by atoms with Crippen LogP contribution in [0.4, 0.5) is 10.1 Å². The summed E-state index contributed by atoms with van der Waals surface area (Å²) in [4.78, 5) is 15.7. The zero-order chi connectivity index (χ0) is 12.6. The van der Waals surface area contributed by atoms with Gasteiger partial charge in [0.25, 0.3) is 5.91 Å². The van der Waals surface area contributed by atoms with Crippen molar-refractivity contribution in [2.24, 2.45) is 0 Å². The molecule has 0 spiro atoms. The van der Waals surface area contributed by atoms with Crippen LogP contribution in [0.5, 0.6) is 0 Å². The van der Waals surface area contributed by atoms with Gasteiger partial charge in [0.15, 0.2) is 0 Å². The van der Waals surface area contributed by atoms with Gasteiger partial charge in [0.1, 0.15) is 5.82 Å². The summed E-state index contributed by atoms with van der Waals surface area (Å²) >= 11 is 0. The summed E-state index contributed by atoms with van der Waals surface area (Å²) < 4.78 is 13.2. The molecule has 0 aromatic heterocycles. The molecular weight excluding hydrogens is 221 g/mol. The predicted octanol–water partition coefficient (Wildman–Crippen LogP) is 0.794. The molecule has 0 saturated carbocycles. The normalized spacial score (nSPS) is 16.1. The number of nitrogens with zero attached hydrogens (tertiary/aromatic N) is 2. The summed E-state index contributed by atoms with van der Waals surface area (Å²) in [5.74, 6) is -0.678. The molecule has 2 rings (SSSR count). The molecule has 5 heteroatoms. The van der Waals surface area contributed by atoms with Gasteiger partial charge < -0.3 is 15.5 Å². The number of likely N-dealkylation sites (N-methyl/N-ethyl adjacent to an activating group) is 1. The first-order valence-electron chi connectivity index (χ1n) is 5.50. The minimum absolute atomic E-state index is 0.0660. The van der Waals surface area contributed by atoms with Crippen LogP contribution in [0.15, 0.2) is 18.2 Å². The predicted molar refractivity (Wildman–Crippen MR) is 64.2 cm³/mol. The number of hydrogen-bond acceptors (Lipinski definition) is 3. The maximum atomic E-state index is 13.2. The Morgan fingerprint density at radius 1 is 1.47 bits per heavy atom. The van der Waals surface area contributed by atoms with E-state index < -0.39 is 5.82 Å². The molecule has 1 aliphatic heterocycles. The zero-order valence-electron chi connectivity index (χ0n) is 9.98. The molecule has 1 amide bonds. The van der Waals surface area contributed by atoms with Crippen LogP contribution in [0.25, 0.3) is 0 Å². The van der Waals surface area contributed by atoms with Gasteiger partial charge in [-0.25, -0.2) is 4.39 Å². The van der Waals surface area contributed by atoms with Crippen molar-refractivity contribution in [2.75, 3.05) is 32.9 Å². The number of likely N-dealkylation sites (tertiary alicyclic amines) is 1. The van der Waals surface area contributed by atoms with Crippen LogP contribution in [0, 0.1) is 5.82 Å². The Balaban J connectivity index is 2.04. The number of hydrogen-bond donors (Lipinski definition) is 1. The first kappa shape index (κ1) is 11.9. The van der Waals surface area contributed by atoms with Crippen LogP contribution in [-0.2, 0) is 0 Å². The van der Waals surface area contributed by atoms with Crippen LogP contribution in [0.2, 0.25) is 0 Å². The lowest BCUT2D eigenvalue weighted by molar-refractivity contribution is 0.0399. The van der Waals surface area contributed by atoms with Crippen LogP contribution in [0.1, 0.15) is 10.4 Å². The largest absolute Gasteiger partial charge is 0.396 e. The lowest BCUT2D eigenvalue weighted by atomic mass is 10.1. The second-order valence-electron chi connectivity index (χ2n) is 4.56. The molecule has 0 radical (unpaired) electrons. The number of rotatable bonds is 2. The van der Waals surface area contributed by atoms with Gasteiger partial charge in [-0.05, 0) is 32.3 Å². The van der Waals surface area contributed by atoms with Crippen LogP contribution in [-0.4, -0.2) is 48.9 Å². The molecule has 0 unspecified atom stereocenters. The van der Waals surface area contributed by atoms with Gasteiger partial charge in [0, 0.05) is 24.7 Å². The molecule has 1 aromatic rings. The van der Waals surface area contributed by atoms with Crippen molar-refractivity contribution < 1.29 is 9.18 Å². The second-order valence-corrected chi connectivity index (χ2v) is 4.56. The molecule has 0 bridgehead atoms. The minimum atomic E-state index is -0.541.